The third-order valence-corrected chi connectivity index (χ3v) is 2.19. The summed E-state index contributed by atoms with van der Waals surface area (Å²) < 4.78 is 12.7. The molecule has 0 radical (unpaired) electrons. The molecule has 0 amide bonds. The molecule has 0 saturated heterocycles. The molecule has 0 aromatic heterocycles. The summed E-state index contributed by atoms with van der Waals surface area (Å²) in [5, 5.41) is 0. The lowest BCUT2D eigenvalue weighted by atomic mass is 9.90. The second-order valence-corrected chi connectivity index (χ2v) is 3.05. The first-order valence-corrected chi connectivity index (χ1v) is 4.04. The van der Waals surface area contributed by atoms with E-state index in [9.17, 15) is 14.0 Å². The van der Waals surface area contributed by atoms with Crippen molar-refractivity contribution in [3.8, 4) is 0 Å². The molecule has 0 spiro atoms. The molecule has 0 aliphatic heterocycles. The van der Waals surface area contributed by atoms with Gasteiger partial charge in [-0.15, -0.1) is 0 Å². The van der Waals surface area contributed by atoms with Gasteiger partial charge in [0.05, 0.1) is 0 Å². The molecule has 1 aliphatic carbocycles. The van der Waals surface area contributed by atoms with Crippen LogP contribution in [0.1, 0.15) is 22.3 Å². The van der Waals surface area contributed by atoms with Gasteiger partial charge in [-0.05, 0) is 24.1 Å². The predicted molar refractivity (Wildman–Crippen MR) is 44.1 cm³/mol. The Hall–Kier alpha value is -1.51. The van der Waals surface area contributed by atoms with Crippen molar-refractivity contribution in [3.05, 3.63) is 35.1 Å². The van der Waals surface area contributed by atoms with Crippen LogP contribution >= 0.6 is 0 Å². The van der Waals surface area contributed by atoms with Gasteiger partial charge in [-0.1, -0.05) is 6.07 Å². The monoisotopic (exact) mass is 178 g/mol. The van der Waals surface area contributed by atoms with Crippen LogP contribution in [0.2, 0.25) is 0 Å². The van der Waals surface area contributed by atoms with Crippen molar-refractivity contribution in [3.63, 3.8) is 0 Å². The van der Waals surface area contributed by atoms with Gasteiger partial charge in [-0.3, -0.25) is 9.59 Å². The summed E-state index contributed by atoms with van der Waals surface area (Å²) in [7, 11) is 0. The minimum atomic E-state index is -0.555. The maximum atomic E-state index is 12.7. The molecular weight excluding hydrogens is 171 g/mol. The summed E-state index contributed by atoms with van der Waals surface area (Å²) in [4.78, 5) is 22.2. The summed E-state index contributed by atoms with van der Waals surface area (Å²) in [5.41, 5.74) is 1.00. The Labute approximate surface area is 74.4 Å². The fourth-order valence-corrected chi connectivity index (χ4v) is 1.49. The van der Waals surface area contributed by atoms with Crippen molar-refractivity contribution < 1.29 is 14.0 Å². The number of rotatable bonds is 0. The molecule has 3 heteroatoms. The predicted octanol–water partition coefficient (Wildman–Crippen LogP) is 1.52. The Bertz CT molecular complexity index is 396. The highest BCUT2D eigenvalue weighted by Gasteiger charge is 2.24. The molecule has 2 nitrogen and oxygen atoms in total. The van der Waals surface area contributed by atoms with Crippen molar-refractivity contribution in [2.45, 2.75) is 12.8 Å². The fourth-order valence-electron chi connectivity index (χ4n) is 1.49. The minimum absolute atomic E-state index is 0.233. The van der Waals surface area contributed by atoms with E-state index < -0.39 is 17.4 Å². The molecule has 66 valence electrons. The molecule has 0 fully saturated rings. The number of Topliss-reactive ketones (excluding diaryl/α,β-unsaturated/α-hetero) is 2. The number of hydrogen-bond acceptors (Lipinski definition) is 2. The normalized spacial score (nSPS) is 15.8. The Morgan fingerprint density at radius 2 is 1.92 bits per heavy atom. The van der Waals surface area contributed by atoms with Gasteiger partial charge in [0.25, 0.3) is 0 Å². The fraction of sp³-hybridized carbons (Fsp3) is 0.200. The number of carbonyl (C=O) groups excluding carboxylic acids is 2. The van der Waals surface area contributed by atoms with Crippen LogP contribution in [0.4, 0.5) is 4.39 Å². The van der Waals surface area contributed by atoms with Crippen LogP contribution in [0, 0.1) is 5.82 Å². The van der Waals surface area contributed by atoms with Gasteiger partial charge in [0, 0.05) is 12.0 Å². The molecule has 0 atom stereocenters. The van der Waals surface area contributed by atoms with Crippen LogP contribution in [-0.4, -0.2) is 11.6 Å². The molecule has 2 rings (SSSR count). The molecule has 0 unspecified atom stereocenters. The first kappa shape index (κ1) is 8.10. The summed E-state index contributed by atoms with van der Waals surface area (Å²) in [5.74, 6) is -1.44. The highest BCUT2D eigenvalue weighted by Crippen LogP contribution is 2.19. The molecule has 0 heterocycles. The zero-order chi connectivity index (χ0) is 9.42. The third-order valence-electron chi connectivity index (χ3n) is 2.19. The number of fused-ring (bicyclic) bond motifs is 1. The lowest BCUT2D eigenvalue weighted by Crippen LogP contribution is -2.22. The van der Waals surface area contributed by atoms with Gasteiger partial charge in [0.1, 0.15) is 5.82 Å². The van der Waals surface area contributed by atoms with E-state index in [2.05, 4.69) is 0 Å². The molecule has 0 N–H and O–H groups in total. The molecule has 0 bridgehead atoms. The van der Waals surface area contributed by atoms with Crippen LogP contribution < -0.4 is 0 Å². The highest BCUT2D eigenvalue weighted by molar-refractivity contribution is 6.44. The zero-order valence-electron chi connectivity index (χ0n) is 6.84. The summed E-state index contributed by atoms with van der Waals surface area (Å²) in [6, 6.07) is 4.01. The lowest BCUT2D eigenvalue weighted by Gasteiger charge is -2.12. The summed E-state index contributed by atoms with van der Waals surface area (Å²) in [6.07, 6.45) is 0.789. The van der Waals surface area contributed by atoms with Crippen LogP contribution in [-0.2, 0) is 11.2 Å². The van der Waals surface area contributed by atoms with Gasteiger partial charge >= 0.3 is 0 Å². The Morgan fingerprint density at radius 3 is 2.69 bits per heavy atom. The Balaban J connectivity index is 2.58. The van der Waals surface area contributed by atoms with Crippen LogP contribution in [0.15, 0.2) is 18.2 Å². The number of benzene rings is 1. The average Bonchev–Trinajstić information content (AvgIpc) is 2.12. The molecule has 1 aliphatic rings. The minimum Gasteiger partial charge on any atom is -0.290 e. The molecule has 1 aromatic rings. The lowest BCUT2D eigenvalue weighted by molar-refractivity contribution is -0.115. The standard InChI is InChI=1S/C10H7FO2/c11-7-3-1-6-2-4-9(12)10(13)8(6)5-7/h1,3,5H,2,4H2. The van der Waals surface area contributed by atoms with Crippen LogP contribution in [0.25, 0.3) is 0 Å². The average molecular weight is 178 g/mol. The van der Waals surface area contributed by atoms with Crippen molar-refractivity contribution in [1.82, 2.24) is 0 Å². The summed E-state index contributed by atoms with van der Waals surface area (Å²) in [6.45, 7) is 0. The van der Waals surface area contributed by atoms with Crippen molar-refractivity contribution >= 4 is 11.6 Å². The Morgan fingerprint density at radius 1 is 1.15 bits per heavy atom. The number of halogens is 1. The maximum absolute atomic E-state index is 12.7. The van der Waals surface area contributed by atoms with E-state index in [4.69, 9.17) is 0 Å². The van der Waals surface area contributed by atoms with Gasteiger partial charge in [-0.25, -0.2) is 4.39 Å². The van der Waals surface area contributed by atoms with E-state index in [1.807, 2.05) is 0 Å². The second-order valence-electron chi connectivity index (χ2n) is 3.05. The van der Waals surface area contributed by atoms with Gasteiger partial charge < -0.3 is 0 Å². The number of carbonyl (C=O) groups is 2. The molecular formula is C10H7FO2. The Kier molecular flexibility index (Phi) is 1.72. The third kappa shape index (κ3) is 1.26. The summed E-state index contributed by atoms with van der Waals surface area (Å²) >= 11 is 0. The van der Waals surface area contributed by atoms with Crippen LogP contribution in [0.3, 0.4) is 0 Å². The zero-order valence-corrected chi connectivity index (χ0v) is 6.84. The van der Waals surface area contributed by atoms with E-state index in [-0.39, 0.29) is 12.0 Å². The number of aryl methyl sites for hydroxylation is 1. The maximum Gasteiger partial charge on any atom is 0.228 e. The van der Waals surface area contributed by atoms with E-state index in [0.29, 0.717) is 6.42 Å². The first-order valence-electron chi connectivity index (χ1n) is 4.04. The topological polar surface area (TPSA) is 34.1 Å². The van der Waals surface area contributed by atoms with Gasteiger partial charge in [0.15, 0.2) is 0 Å². The first-order chi connectivity index (χ1) is 6.18. The van der Waals surface area contributed by atoms with E-state index >= 15 is 0 Å². The smallest absolute Gasteiger partial charge is 0.228 e. The van der Waals surface area contributed by atoms with Crippen LogP contribution in [0.5, 0.6) is 0 Å². The van der Waals surface area contributed by atoms with E-state index in [1.54, 1.807) is 6.07 Å². The highest BCUT2D eigenvalue weighted by atomic mass is 19.1. The van der Waals surface area contributed by atoms with E-state index in [1.165, 1.54) is 6.07 Å². The quantitative estimate of drug-likeness (QED) is 0.564. The van der Waals surface area contributed by atoms with Gasteiger partial charge in [-0.2, -0.15) is 0 Å². The largest absolute Gasteiger partial charge is 0.290 e. The van der Waals surface area contributed by atoms with Crippen molar-refractivity contribution in [2.24, 2.45) is 0 Å². The molecule has 0 saturated carbocycles. The molecule has 13 heavy (non-hydrogen) atoms. The van der Waals surface area contributed by atoms with Crippen molar-refractivity contribution in [1.29, 1.82) is 0 Å². The number of hydrogen-bond donors (Lipinski definition) is 0. The van der Waals surface area contributed by atoms with E-state index in [0.717, 1.165) is 11.6 Å². The molecule has 1 aromatic carbocycles. The second kappa shape index (κ2) is 2.76. The number of ketones is 2. The van der Waals surface area contributed by atoms with Crippen molar-refractivity contribution in [2.75, 3.05) is 0 Å². The van der Waals surface area contributed by atoms with Gasteiger partial charge in [0.2, 0.25) is 11.6 Å². The SMILES string of the molecule is O=C1CCc2ccc(F)cc2C1=O.